The summed E-state index contributed by atoms with van der Waals surface area (Å²) in [7, 11) is 0. The lowest BCUT2D eigenvalue weighted by atomic mass is 9.94. The molecule has 2 aromatic rings. The normalized spacial score (nSPS) is 17.2. The van der Waals surface area contributed by atoms with Crippen LogP contribution in [-0.4, -0.2) is 47.1 Å². The lowest BCUT2D eigenvalue weighted by molar-refractivity contribution is -0.137. The Balaban J connectivity index is 1.68. The predicted molar refractivity (Wildman–Crippen MR) is 102 cm³/mol. The number of nitrogens with zero attached hydrogens (tertiary/aromatic N) is 3. The molecule has 6 heteroatoms. The van der Waals surface area contributed by atoms with Gasteiger partial charge in [-0.25, -0.2) is 9.97 Å². The monoisotopic (exact) mass is 354 g/mol. The third kappa shape index (κ3) is 4.79. The van der Waals surface area contributed by atoms with E-state index in [1.807, 2.05) is 30.0 Å². The van der Waals surface area contributed by atoms with E-state index in [1.165, 1.54) is 5.56 Å². The van der Waals surface area contributed by atoms with E-state index in [4.69, 9.17) is 4.74 Å². The van der Waals surface area contributed by atoms with Crippen molar-refractivity contribution < 1.29 is 9.53 Å². The van der Waals surface area contributed by atoms with Crippen LogP contribution in [-0.2, 0) is 9.53 Å². The average molecular weight is 354 g/mol. The van der Waals surface area contributed by atoms with Gasteiger partial charge < -0.3 is 15.0 Å². The molecule has 1 atom stereocenters. The smallest absolute Gasteiger partial charge is 0.248 e. The summed E-state index contributed by atoms with van der Waals surface area (Å²) in [6.45, 7) is 6.15. The Hall–Kier alpha value is -2.47. The fourth-order valence-corrected chi connectivity index (χ4v) is 3.24. The first-order valence-corrected chi connectivity index (χ1v) is 9.18. The molecule has 0 bridgehead atoms. The molecule has 1 aromatic carbocycles. The number of aromatic nitrogens is 2. The van der Waals surface area contributed by atoms with Gasteiger partial charge in [-0.15, -0.1) is 0 Å². The Morgan fingerprint density at radius 2 is 2.27 bits per heavy atom. The Morgan fingerprint density at radius 3 is 3.08 bits per heavy atom. The number of hydrogen-bond acceptors (Lipinski definition) is 5. The van der Waals surface area contributed by atoms with E-state index >= 15 is 0 Å². The zero-order valence-electron chi connectivity index (χ0n) is 15.4. The summed E-state index contributed by atoms with van der Waals surface area (Å²) < 4.78 is 5.26. The molecular weight excluding hydrogens is 328 g/mol. The first-order chi connectivity index (χ1) is 12.7. The topological polar surface area (TPSA) is 67.3 Å². The van der Waals surface area contributed by atoms with Crippen molar-refractivity contribution in [1.82, 2.24) is 14.9 Å². The van der Waals surface area contributed by atoms with Crippen LogP contribution in [0.25, 0.3) is 0 Å². The number of nitrogens with one attached hydrogen (secondary N) is 1. The number of amides is 1. The van der Waals surface area contributed by atoms with Gasteiger partial charge >= 0.3 is 0 Å². The van der Waals surface area contributed by atoms with Gasteiger partial charge in [0, 0.05) is 37.5 Å². The van der Waals surface area contributed by atoms with Crippen molar-refractivity contribution in [3.05, 3.63) is 47.8 Å². The Bertz CT molecular complexity index is 750. The van der Waals surface area contributed by atoms with Crippen LogP contribution in [0.1, 0.15) is 36.9 Å². The molecule has 1 unspecified atom stereocenters. The second kappa shape index (κ2) is 8.76. The number of aryl methyl sites for hydroxylation is 1. The third-order valence-electron chi connectivity index (χ3n) is 4.57. The minimum absolute atomic E-state index is 0.0590. The van der Waals surface area contributed by atoms with Crippen LogP contribution < -0.4 is 5.32 Å². The lowest BCUT2D eigenvalue weighted by Gasteiger charge is -2.32. The molecule has 1 aliphatic rings. The maximum absolute atomic E-state index is 12.2. The molecule has 1 N–H and O–H groups in total. The van der Waals surface area contributed by atoms with Gasteiger partial charge in [-0.2, -0.15) is 0 Å². The summed E-state index contributed by atoms with van der Waals surface area (Å²) in [5.41, 5.74) is 3.13. The molecular formula is C20H26N4O2. The van der Waals surface area contributed by atoms with E-state index in [1.54, 1.807) is 6.20 Å². The van der Waals surface area contributed by atoms with Crippen LogP contribution in [0.2, 0.25) is 0 Å². The van der Waals surface area contributed by atoms with Crippen LogP contribution in [0.15, 0.2) is 36.5 Å². The van der Waals surface area contributed by atoms with Crippen LogP contribution in [0.3, 0.4) is 0 Å². The van der Waals surface area contributed by atoms with Crippen LogP contribution >= 0.6 is 0 Å². The molecule has 1 aliphatic heterocycles. The van der Waals surface area contributed by atoms with Crippen LogP contribution in [0.5, 0.6) is 0 Å². The summed E-state index contributed by atoms with van der Waals surface area (Å²) in [4.78, 5) is 23.1. The highest BCUT2D eigenvalue weighted by atomic mass is 16.5. The second-order valence-electron chi connectivity index (χ2n) is 6.62. The molecule has 1 amide bonds. The highest BCUT2D eigenvalue weighted by molar-refractivity contribution is 5.77. The fraction of sp³-hybridized carbons (Fsp3) is 0.450. The highest BCUT2D eigenvalue weighted by Crippen LogP contribution is 2.26. The van der Waals surface area contributed by atoms with Gasteiger partial charge in [0.1, 0.15) is 6.61 Å². The zero-order chi connectivity index (χ0) is 18.4. The molecule has 1 saturated heterocycles. The van der Waals surface area contributed by atoms with Crippen molar-refractivity contribution >= 4 is 17.5 Å². The number of hydrogen-bond donors (Lipinski definition) is 1. The molecule has 0 spiro atoms. The number of anilines is 2. The van der Waals surface area contributed by atoms with Gasteiger partial charge in [-0.1, -0.05) is 12.1 Å². The number of ether oxygens (including phenoxy) is 1. The maximum atomic E-state index is 12.2. The van der Waals surface area contributed by atoms with E-state index in [0.717, 1.165) is 30.8 Å². The van der Waals surface area contributed by atoms with Gasteiger partial charge in [0.15, 0.2) is 0 Å². The lowest BCUT2D eigenvalue weighted by Crippen LogP contribution is -2.41. The minimum atomic E-state index is 0.0590. The first-order valence-electron chi connectivity index (χ1n) is 9.18. The standard InChI is InChI=1S/C20H26N4O2/c1-3-26-14-19(25)24-11-5-7-16(13-24)18-9-10-21-20(23-18)22-17-8-4-6-15(2)12-17/h4,6,8-10,12,16H,3,5,7,11,13-14H2,1-2H3,(H,21,22,23). The number of carbonyl (C=O) groups excluding carboxylic acids is 1. The SMILES string of the molecule is CCOCC(=O)N1CCCC(c2ccnc(Nc3cccc(C)c3)n2)C1. The molecule has 2 heterocycles. The molecule has 26 heavy (non-hydrogen) atoms. The maximum Gasteiger partial charge on any atom is 0.248 e. The van der Waals surface area contributed by atoms with Gasteiger partial charge in [0.25, 0.3) is 0 Å². The van der Waals surface area contributed by atoms with Gasteiger partial charge in [-0.3, -0.25) is 4.79 Å². The number of benzene rings is 1. The Labute approximate surface area is 154 Å². The van der Waals surface area contributed by atoms with Crippen molar-refractivity contribution in [2.45, 2.75) is 32.6 Å². The molecule has 6 nitrogen and oxygen atoms in total. The van der Waals surface area contributed by atoms with Crippen molar-refractivity contribution in [2.24, 2.45) is 0 Å². The fourth-order valence-electron chi connectivity index (χ4n) is 3.24. The number of rotatable bonds is 6. The van der Waals surface area contributed by atoms with Crippen LogP contribution in [0.4, 0.5) is 11.6 Å². The molecule has 3 rings (SSSR count). The summed E-state index contributed by atoms with van der Waals surface area (Å²) in [6, 6.07) is 10.1. The second-order valence-corrected chi connectivity index (χ2v) is 6.62. The van der Waals surface area contributed by atoms with E-state index in [-0.39, 0.29) is 18.4 Å². The van der Waals surface area contributed by atoms with Crippen molar-refractivity contribution in [1.29, 1.82) is 0 Å². The number of likely N-dealkylation sites (tertiary alicyclic amines) is 1. The summed E-state index contributed by atoms with van der Waals surface area (Å²) in [5, 5.41) is 3.26. The van der Waals surface area contributed by atoms with Crippen molar-refractivity contribution in [2.75, 3.05) is 31.6 Å². The van der Waals surface area contributed by atoms with Gasteiger partial charge in [0.2, 0.25) is 11.9 Å². The quantitative estimate of drug-likeness (QED) is 0.862. The van der Waals surface area contributed by atoms with Crippen molar-refractivity contribution in [3.63, 3.8) is 0 Å². The molecule has 0 saturated carbocycles. The van der Waals surface area contributed by atoms with Crippen LogP contribution in [0, 0.1) is 6.92 Å². The Morgan fingerprint density at radius 1 is 1.38 bits per heavy atom. The predicted octanol–water partition coefficient (Wildman–Crippen LogP) is 3.27. The van der Waals surface area contributed by atoms with Gasteiger partial charge in [-0.05, 0) is 50.5 Å². The molecule has 138 valence electrons. The van der Waals surface area contributed by atoms with E-state index in [2.05, 4.69) is 34.3 Å². The Kier molecular flexibility index (Phi) is 6.17. The van der Waals surface area contributed by atoms with Crippen molar-refractivity contribution in [3.8, 4) is 0 Å². The largest absolute Gasteiger partial charge is 0.372 e. The number of carbonyl (C=O) groups is 1. The number of piperidine rings is 1. The van der Waals surface area contributed by atoms with E-state index in [9.17, 15) is 4.79 Å². The van der Waals surface area contributed by atoms with E-state index in [0.29, 0.717) is 19.1 Å². The highest BCUT2D eigenvalue weighted by Gasteiger charge is 2.25. The summed E-state index contributed by atoms with van der Waals surface area (Å²) in [6.07, 6.45) is 3.79. The van der Waals surface area contributed by atoms with Gasteiger partial charge in [0.05, 0.1) is 5.69 Å². The van der Waals surface area contributed by atoms with E-state index < -0.39 is 0 Å². The minimum Gasteiger partial charge on any atom is -0.372 e. The molecule has 0 radical (unpaired) electrons. The molecule has 1 aromatic heterocycles. The summed E-state index contributed by atoms with van der Waals surface area (Å²) in [5.74, 6) is 0.880. The first kappa shape index (κ1) is 18.3. The third-order valence-corrected chi connectivity index (χ3v) is 4.57. The average Bonchev–Trinajstić information content (AvgIpc) is 2.66. The molecule has 0 aliphatic carbocycles. The molecule has 1 fully saturated rings. The zero-order valence-corrected chi connectivity index (χ0v) is 15.4. The summed E-state index contributed by atoms with van der Waals surface area (Å²) >= 11 is 0.